The summed E-state index contributed by atoms with van der Waals surface area (Å²) in [6.45, 7) is 11.9. The van der Waals surface area contributed by atoms with Gasteiger partial charge in [0.25, 0.3) is 0 Å². The number of phenolic OH excluding ortho intramolecular Hbond substituents is 1. The molecular formula is C11H16O. The Hall–Kier alpha value is -1.24. The molecule has 0 fully saturated rings. The predicted molar refractivity (Wildman–Crippen MR) is 53.6 cm³/mol. The van der Waals surface area contributed by atoms with E-state index in [0.29, 0.717) is 5.75 Å². The molecule has 1 rings (SSSR count). The predicted octanol–water partition coefficient (Wildman–Crippen LogP) is 3.12. The van der Waals surface area contributed by atoms with E-state index in [0.717, 1.165) is 11.1 Å². The first-order valence-electron chi connectivity index (χ1n) is 3.88. The summed E-state index contributed by atoms with van der Waals surface area (Å²) >= 11 is 0. The summed E-state index contributed by atoms with van der Waals surface area (Å²) in [7, 11) is 0. The number of hydrogen-bond donors (Lipinski definition) is 1. The zero-order valence-electron chi connectivity index (χ0n) is 8.02. The first kappa shape index (κ1) is 10.8. The second kappa shape index (κ2) is 4.60. The molecule has 1 aromatic carbocycles. The minimum Gasteiger partial charge on any atom is -0.507 e. The number of hydrogen-bond acceptors (Lipinski definition) is 1. The van der Waals surface area contributed by atoms with Crippen LogP contribution in [0.25, 0.3) is 0 Å². The molecule has 12 heavy (non-hydrogen) atoms. The minimum atomic E-state index is 0.422. The van der Waals surface area contributed by atoms with Crippen LogP contribution in [0.2, 0.25) is 0 Å². The number of benzene rings is 1. The summed E-state index contributed by atoms with van der Waals surface area (Å²) in [6, 6.07) is 3.95. The van der Waals surface area contributed by atoms with Crippen molar-refractivity contribution >= 4 is 0 Å². The maximum atomic E-state index is 9.33. The van der Waals surface area contributed by atoms with Crippen molar-refractivity contribution in [3.63, 3.8) is 0 Å². The molecule has 0 atom stereocenters. The summed E-state index contributed by atoms with van der Waals surface area (Å²) < 4.78 is 0. The van der Waals surface area contributed by atoms with Crippen molar-refractivity contribution in [2.75, 3.05) is 0 Å². The Bertz CT molecular complexity index is 241. The quantitative estimate of drug-likeness (QED) is 0.584. The van der Waals surface area contributed by atoms with Crippen LogP contribution < -0.4 is 0 Å². The van der Waals surface area contributed by atoms with Gasteiger partial charge in [0.1, 0.15) is 5.75 Å². The van der Waals surface area contributed by atoms with E-state index in [1.54, 1.807) is 0 Å². The van der Waals surface area contributed by atoms with Gasteiger partial charge in [-0.15, -0.1) is 13.2 Å². The summed E-state index contributed by atoms with van der Waals surface area (Å²) in [5.41, 5.74) is 3.11. The molecule has 0 aromatic heterocycles. The Balaban J connectivity index is 0.000000561. The van der Waals surface area contributed by atoms with Crippen molar-refractivity contribution in [3.8, 4) is 5.75 Å². The van der Waals surface area contributed by atoms with Crippen LogP contribution in [0.1, 0.15) is 16.7 Å². The van der Waals surface area contributed by atoms with Crippen LogP contribution in [-0.4, -0.2) is 5.11 Å². The van der Waals surface area contributed by atoms with Gasteiger partial charge in [0, 0.05) is 0 Å². The maximum Gasteiger partial charge on any atom is 0.121 e. The molecule has 1 heteroatoms. The highest BCUT2D eigenvalue weighted by molar-refractivity contribution is 5.41. The van der Waals surface area contributed by atoms with Gasteiger partial charge in [-0.3, -0.25) is 0 Å². The molecule has 0 aliphatic heterocycles. The molecule has 1 N–H and O–H groups in total. The summed E-state index contributed by atoms with van der Waals surface area (Å²) in [6.07, 6.45) is 0. The summed E-state index contributed by atoms with van der Waals surface area (Å²) in [5.74, 6) is 0.422. The third kappa shape index (κ3) is 2.42. The van der Waals surface area contributed by atoms with E-state index in [4.69, 9.17) is 0 Å². The number of rotatable bonds is 0. The van der Waals surface area contributed by atoms with Crippen LogP contribution in [0.4, 0.5) is 0 Å². The fourth-order valence-corrected chi connectivity index (χ4v) is 1.17. The number of aromatic hydroxyl groups is 1. The fourth-order valence-electron chi connectivity index (χ4n) is 1.17. The zero-order valence-corrected chi connectivity index (χ0v) is 8.02. The van der Waals surface area contributed by atoms with Gasteiger partial charge in [-0.2, -0.15) is 0 Å². The summed E-state index contributed by atoms with van der Waals surface area (Å²) in [5, 5.41) is 9.33. The van der Waals surface area contributed by atoms with Crippen LogP contribution in [0.5, 0.6) is 5.75 Å². The maximum absolute atomic E-state index is 9.33. The van der Waals surface area contributed by atoms with Gasteiger partial charge in [0.15, 0.2) is 0 Å². The monoisotopic (exact) mass is 164 g/mol. The van der Waals surface area contributed by atoms with Crippen LogP contribution in [0, 0.1) is 20.8 Å². The summed E-state index contributed by atoms with van der Waals surface area (Å²) in [4.78, 5) is 0. The smallest absolute Gasteiger partial charge is 0.121 e. The Morgan fingerprint density at radius 3 is 1.67 bits per heavy atom. The normalized spacial score (nSPS) is 8.58. The molecule has 0 radical (unpaired) electrons. The second-order valence-electron chi connectivity index (χ2n) is 2.75. The van der Waals surface area contributed by atoms with E-state index in [-0.39, 0.29) is 0 Å². The first-order valence-corrected chi connectivity index (χ1v) is 3.88. The molecule has 0 aliphatic rings. The molecule has 1 aromatic rings. The largest absolute Gasteiger partial charge is 0.507 e. The third-order valence-electron chi connectivity index (χ3n) is 1.64. The van der Waals surface area contributed by atoms with E-state index in [1.807, 2.05) is 32.9 Å². The van der Waals surface area contributed by atoms with E-state index in [9.17, 15) is 5.11 Å². The highest BCUT2D eigenvalue weighted by Crippen LogP contribution is 2.21. The Kier molecular flexibility index (Phi) is 4.12. The van der Waals surface area contributed by atoms with Gasteiger partial charge in [-0.1, -0.05) is 17.7 Å². The number of phenols is 1. The average Bonchev–Trinajstić information content (AvgIpc) is 2.04. The van der Waals surface area contributed by atoms with E-state index < -0.39 is 0 Å². The lowest BCUT2D eigenvalue weighted by Gasteiger charge is -2.03. The molecule has 1 nitrogen and oxygen atoms in total. The van der Waals surface area contributed by atoms with Crippen molar-refractivity contribution < 1.29 is 5.11 Å². The second-order valence-corrected chi connectivity index (χ2v) is 2.75. The fraction of sp³-hybridized carbons (Fsp3) is 0.273. The third-order valence-corrected chi connectivity index (χ3v) is 1.64. The van der Waals surface area contributed by atoms with Gasteiger partial charge < -0.3 is 5.11 Å². The zero-order chi connectivity index (χ0) is 9.72. The molecule has 0 heterocycles. The number of aryl methyl sites for hydroxylation is 3. The van der Waals surface area contributed by atoms with Crippen LogP contribution in [0.15, 0.2) is 25.3 Å². The molecule has 0 aliphatic carbocycles. The molecule has 0 saturated carbocycles. The van der Waals surface area contributed by atoms with Gasteiger partial charge >= 0.3 is 0 Å². The molecule has 0 unspecified atom stereocenters. The van der Waals surface area contributed by atoms with Crippen LogP contribution >= 0.6 is 0 Å². The minimum absolute atomic E-state index is 0.422. The molecule has 0 saturated heterocycles. The first-order chi connectivity index (χ1) is 5.61. The Morgan fingerprint density at radius 1 is 1.00 bits per heavy atom. The Labute approximate surface area is 74.4 Å². The lowest BCUT2D eigenvalue weighted by atomic mass is 10.1. The molecular weight excluding hydrogens is 148 g/mol. The molecule has 0 spiro atoms. The highest BCUT2D eigenvalue weighted by atomic mass is 16.3. The van der Waals surface area contributed by atoms with Crippen LogP contribution in [0.3, 0.4) is 0 Å². The van der Waals surface area contributed by atoms with Gasteiger partial charge in [0.2, 0.25) is 0 Å². The topological polar surface area (TPSA) is 20.2 Å². The molecule has 0 bridgehead atoms. The van der Waals surface area contributed by atoms with E-state index in [1.165, 1.54) is 5.56 Å². The van der Waals surface area contributed by atoms with E-state index >= 15 is 0 Å². The van der Waals surface area contributed by atoms with Crippen molar-refractivity contribution in [2.45, 2.75) is 20.8 Å². The van der Waals surface area contributed by atoms with Crippen molar-refractivity contribution in [1.82, 2.24) is 0 Å². The van der Waals surface area contributed by atoms with Gasteiger partial charge in [-0.05, 0) is 31.9 Å². The molecule has 0 amide bonds. The SMILES string of the molecule is C=C.Cc1cc(C)c(O)c(C)c1. The van der Waals surface area contributed by atoms with E-state index in [2.05, 4.69) is 13.2 Å². The highest BCUT2D eigenvalue weighted by Gasteiger charge is 1.98. The van der Waals surface area contributed by atoms with Gasteiger partial charge in [-0.25, -0.2) is 0 Å². The lowest BCUT2D eigenvalue weighted by Crippen LogP contribution is -1.81. The van der Waals surface area contributed by atoms with Crippen LogP contribution in [-0.2, 0) is 0 Å². The lowest BCUT2D eigenvalue weighted by molar-refractivity contribution is 0.466. The Morgan fingerprint density at radius 2 is 1.33 bits per heavy atom. The average molecular weight is 164 g/mol. The van der Waals surface area contributed by atoms with Crippen molar-refractivity contribution in [2.24, 2.45) is 0 Å². The standard InChI is InChI=1S/C9H12O.C2H4/c1-6-4-7(2)9(10)8(3)5-6;1-2/h4-5,10H,1-3H3;1-2H2. The van der Waals surface area contributed by atoms with Crippen molar-refractivity contribution in [1.29, 1.82) is 0 Å². The molecule has 66 valence electrons. The van der Waals surface area contributed by atoms with Crippen molar-refractivity contribution in [3.05, 3.63) is 42.0 Å². The van der Waals surface area contributed by atoms with Gasteiger partial charge in [0.05, 0.1) is 0 Å².